The average molecular weight is 402 g/mol. The van der Waals surface area contributed by atoms with Crippen LogP contribution in [0.25, 0.3) is 32.9 Å². The lowest BCUT2D eigenvalue weighted by molar-refractivity contribution is -0.385. The summed E-state index contributed by atoms with van der Waals surface area (Å²) in [6.07, 6.45) is 0. The molecule has 4 aromatic rings. The number of nitrogens with zero attached hydrogens (tertiary/aromatic N) is 2. The van der Waals surface area contributed by atoms with Crippen LogP contribution in [0.4, 0.5) is 5.69 Å². The van der Waals surface area contributed by atoms with Crippen LogP contribution in [0.1, 0.15) is 6.92 Å². The van der Waals surface area contributed by atoms with Crippen molar-refractivity contribution in [1.29, 1.82) is 0 Å². The lowest BCUT2D eigenvalue weighted by atomic mass is 9.95. The lowest BCUT2D eigenvalue weighted by Crippen LogP contribution is -2.15. The molecule has 1 heterocycles. The van der Waals surface area contributed by atoms with E-state index < -0.39 is 17.5 Å². The average Bonchev–Trinajstić information content (AvgIpc) is 2.76. The van der Waals surface area contributed by atoms with Crippen molar-refractivity contribution in [2.75, 3.05) is 13.2 Å². The zero-order valence-corrected chi connectivity index (χ0v) is 16.2. The Morgan fingerprint density at radius 1 is 1.00 bits per heavy atom. The van der Waals surface area contributed by atoms with E-state index in [9.17, 15) is 14.9 Å². The maximum Gasteiger partial charge on any atom is 0.344 e. The molecule has 0 atom stereocenters. The maximum atomic E-state index is 11.7. The van der Waals surface area contributed by atoms with E-state index in [1.807, 2.05) is 48.5 Å². The molecule has 0 unspecified atom stereocenters. The Labute approximate surface area is 172 Å². The van der Waals surface area contributed by atoms with Gasteiger partial charge >= 0.3 is 11.7 Å². The Kier molecular flexibility index (Phi) is 5.26. The molecule has 0 radical (unpaired) electrons. The first kappa shape index (κ1) is 19.3. The molecule has 0 aliphatic rings. The third kappa shape index (κ3) is 3.65. The SMILES string of the molecule is CCOC(=O)COc1ccc(-c2c3ccccc3nc3ccccc23)cc1[N+](=O)[O-]. The van der Waals surface area contributed by atoms with E-state index in [1.165, 1.54) is 12.1 Å². The second kappa shape index (κ2) is 8.16. The predicted octanol–water partition coefficient (Wildman–Crippen LogP) is 4.91. The van der Waals surface area contributed by atoms with Gasteiger partial charge < -0.3 is 9.47 Å². The van der Waals surface area contributed by atoms with E-state index in [-0.39, 0.29) is 18.0 Å². The molecule has 7 nitrogen and oxygen atoms in total. The number of benzene rings is 3. The van der Waals surface area contributed by atoms with Gasteiger partial charge in [-0.1, -0.05) is 42.5 Å². The number of rotatable bonds is 6. The molecule has 0 saturated carbocycles. The number of para-hydroxylation sites is 2. The highest BCUT2D eigenvalue weighted by molar-refractivity contribution is 6.09. The molecule has 0 fully saturated rings. The molecule has 7 heteroatoms. The minimum atomic E-state index is -0.581. The zero-order valence-electron chi connectivity index (χ0n) is 16.2. The third-order valence-electron chi connectivity index (χ3n) is 4.68. The fraction of sp³-hybridized carbons (Fsp3) is 0.130. The van der Waals surface area contributed by atoms with Gasteiger partial charge in [-0.2, -0.15) is 0 Å². The first-order valence-corrected chi connectivity index (χ1v) is 9.43. The molecule has 4 rings (SSSR count). The van der Waals surface area contributed by atoms with Crippen LogP contribution in [-0.4, -0.2) is 29.1 Å². The van der Waals surface area contributed by atoms with E-state index in [1.54, 1.807) is 13.0 Å². The van der Waals surface area contributed by atoms with Crippen molar-refractivity contribution < 1.29 is 19.2 Å². The number of fused-ring (bicyclic) bond motifs is 2. The predicted molar refractivity (Wildman–Crippen MR) is 113 cm³/mol. The summed E-state index contributed by atoms with van der Waals surface area (Å²) >= 11 is 0. The summed E-state index contributed by atoms with van der Waals surface area (Å²) in [5.74, 6) is -0.568. The quantitative estimate of drug-likeness (QED) is 0.197. The summed E-state index contributed by atoms with van der Waals surface area (Å²) in [5.41, 5.74) is 2.91. The third-order valence-corrected chi connectivity index (χ3v) is 4.68. The number of pyridine rings is 1. The number of aromatic nitrogens is 1. The molecule has 0 aliphatic carbocycles. The summed E-state index contributed by atoms with van der Waals surface area (Å²) in [6, 6.07) is 20.1. The highest BCUT2D eigenvalue weighted by atomic mass is 16.6. The second-order valence-corrected chi connectivity index (χ2v) is 6.55. The fourth-order valence-corrected chi connectivity index (χ4v) is 3.43. The Morgan fingerprint density at radius 3 is 2.23 bits per heavy atom. The number of nitro groups is 1. The molecule has 0 spiro atoms. The highest BCUT2D eigenvalue weighted by Crippen LogP contribution is 2.38. The number of ether oxygens (including phenoxy) is 2. The summed E-state index contributed by atoms with van der Waals surface area (Å²) in [5, 5.41) is 13.5. The molecule has 0 N–H and O–H groups in total. The standard InChI is InChI=1S/C23H18N2O5/c1-2-29-22(26)14-30-21-12-11-15(13-20(21)25(27)28)23-16-7-3-5-9-18(16)24-19-10-6-4-8-17(19)23/h3-13H,2,14H2,1H3. The summed E-state index contributed by atoms with van der Waals surface area (Å²) in [6.45, 7) is 1.50. The first-order valence-electron chi connectivity index (χ1n) is 9.43. The fourth-order valence-electron chi connectivity index (χ4n) is 3.43. The molecule has 0 bridgehead atoms. The molecular formula is C23H18N2O5. The van der Waals surface area contributed by atoms with Gasteiger partial charge in [0.1, 0.15) is 0 Å². The van der Waals surface area contributed by atoms with Gasteiger partial charge in [-0.05, 0) is 30.7 Å². The lowest BCUT2D eigenvalue weighted by Gasteiger charge is -2.12. The summed E-state index contributed by atoms with van der Waals surface area (Å²) < 4.78 is 10.2. The smallest absolute Gasteiger partial charge is 0.344 e. The van der Waals surface area contributed by atoms with Crippen LogP contribution in [0.5, 0.6) is 5.75 Å². The molecule has 150 valence electrons. The Hall–Kier alpha value is -4.00. The second-order valence-electron chi connectivity index (χ2n) is 6.55. The zero-order chi connectivity index (χ0) is 21.1. The van der Waals surface area contributed by atoms with Gasteiger partial charge in [0.25, 0.3) is 0 Å². The maximum absolute atomic E-state index is 11.7. The molecule has 30 heavy (non-hydrogen) atoms. The van der Waals surface area contributed by atoms with Crippen molar-refractivity contribution in [2.45, 2.75) is 6.92 Å². The summed E-state index contributed by atoms with van der Waals surface area (Å²) in [4.78, 5) is 27.4. The largest absolute Gasteiger partial charge is 0.475 e. The van der Waals surface area contributed by atoms with Crippen molar-refractivity contribution in [2.24, 2.45) is 0 Å². The van der Waals surface area contributed by atoms with E-state index in [0.717, 1.165) is 27.4 Å². The number of hydrogen-bond donors (Lipinski definition) is 0. The van der Waals surface area contributed by atoms with Crippen LogP contribution < -0.4 is 4.74 Å². The van der Waals surface area contributed by atoms with Crippen LogP contribution in [0.2, 0.25) is 0 Å². The van der Waals surface area contributed by atoms with E-state index >= 15 is 0 Å². The van der Waals surface area contributed by atoms with Crippen LogP contribution in [0.3, 0.4) is 0 Å². The number of carbonyl (C=O) groups excluding carboxylic acids is 1. The Morgan fingerprint density at radius 2 is 1.63 bits per heavy atom. The van der Waals surface area contributed by atoms with Crippen molar-refractivity contribution in [3.05, 3.63) is 76.8 Å². The van der Waals surface area contributed by atoms with Crippen molar-refractivity contribution in [3.63, 3.8) is 0 Å². The number of hydrogen-bond acceptors (Lipinski definition) is 6. The highest BCUT2D eigenvalue weighted by Gasteiger charge is 2.20. The summed E-state index contributed by atoms with van der Waals surface area (Å²) in [7, 11) is 0. The number of carbonyl (C=O) groups is 1. The molecular weight excluding hydrogens is 384 g/mol. The van der Waals surface area contributed by atoms with Gasteiger partial charge in [0, 0.05) is 22.4 Å². The van der Waals surface area contributed by atoms with Crippen molar-refractivity contribution in [1.82, 2.24) is 4.98 Å². The van der Waals surface area contributed by atoms with Crippen LogP contribution >= 0.6 is 0 Å². The van der Waals surface area contributed by atoms with E-state index in [0.29, 0.717) is 5.56 Å². The van der Waals surface area contributed by atoms with Crippen LogP contribution in [0, 0.1) is 10.1 Å². The molecule has 0 aliphatic heterocycles. The minimum Gasteiger partial charge on any atom is -0.475 e. The molecule has 3 aromatic carbocycles. The minimum absolute atomic E-state index is 0.0134. The molecule has 1 aromatic heterocycles. The van der Waals surface area contributed by atoms with Gasteiger partial charge in [-0.3, -0.25) is 10.1 Å². The first-order chi connectivity index (χ1) is 14.6. The van der Waals surface area contributed by atoms with E-state index in [2.05, 4.69) is 0 Å². The van der Waals surface area contributed by atoms with Gasteiger partial charge in [0.2, 0.25) is 0 Å². The van der Waals surface area contributed by atoms with Gasteiger partial charge in [-0.15, -0.1) is 0 Å². The topological polar surface area (TPSA) is 91.6 Å². The van der Waals surface area contributed by atoms with Crippen LogP contribution in [-0.2, 0) is 9.53 Å². The molecule has 0 amide bonds. The van der Waals surface area contributed by atoms with Gasteiger partial charge in [-0.25, -0.2) is 9.78 Å². The van der Waals surface area contributed by atoms with Crippen molar-refractivity contribution in [3.8, 4) is 16.9 Å². The Bertz CT molecular complexity index is 1220. The van der Waals surface area contributed by atoms with Gasteiger partial charge in [0.15, 0.2) is 12.4 Å². The van der Waals surface area contributed by atoms with Gasteiger partial charge in [0.05, 0.1) is 22.6 Å². The van der Waals surface area contributed by atoms with Crippen molar-refractivity contribution >= 4 is 33.5 Å². The molecule has 0 saturated heterocycles. The normalized spacial score (nSPS) is 10.8. The van der Waals surface area contributed by atoms with E-state index in [4.69, 9.17) is 14.5 Å². The monoisotopic (exact) mass is 402 g/mol. The Balaban J connectivity index is 1.86. The van der Waals surface area contributed by atoms with Crippen LogP contribution in [0.15, 0.2) is 66.7 Å². The number of nitro benzene ring substituents is 1. The number of esters is 1.